The third-order valence-corrected chi connectivity index (χ3v) is 4.83. The first-order valence-corrected chi connectivity index (χ1v) is 9.79. The number of hydrogen-bond donors (Lipinski definition) is 5. The smallest absolute Gasteiger partial charge is 0.132 e. The Morgan fingerprint density at radius 1 is 1.06 bits per heavy atom. The van der Waals surface area contributed by atoms with Gasteiger partial charge in [-0.2, -0.15) is 0 Å². The van der Waals surface area contributed by atoms with Gasteiger partial charge < -0.3 is 16.8 Å². The highest BCUT2D eigenvalue weighted by Gasteiger charge is 2.12. The number of nitrogen functional groups attached to an aromatic ring is 1. The van der Waals surface area contributed by atoms with Gasteiger partial charge in [-0.3, -0.25) is 10.8 Å². The van der Waals surface area contributed by atoms with Crippen LogP contribution in [0.25, 0.3) is 0 Å². The lowest BCUT2D eigenvalue weighted by molar-refractivity contribution is 1.15. The van der Waals surface area contributed by atoms with E-state index in [2.05, 4.69) is 48.1 Å². The molecular formula is C25H26N6. The van der Waals surface area contributed by atoms with E-state index in [1.54, 1.807) is 18.2 Å². The molecule has 6 nitrogen and oxygen atoms in total. The van der Waals surface area contributed by atoms with E-state index in [4.69, 9.17) is 22.3 Å². The van der Waals surface area contributed by atoms with Gasteiger partial charge in [0.1, 0.15) is 12.2 Å². The summed E-state index contributed by atoms with van der Waals surface area (Å²) in [6, 6.07) is 21.1. The van der Waals surface area contributed by atoms with E-state index in [-0.39, 0.29) is 11.5 Å². The Hall–Kier alpha value is -4.19. The van der Waals surface area contributed by atoms with Crippen LogP contribution in [0.5, 0.6) is 0 Å². The van der Waals surface area contributed by atoms with Gasteiger partial charge in [-0.25, -0.2) is 4.99 Å². The van der Waals surface area contributed by atoms with Crippen LogP contribution in [0.1, 0.15) is 27.8 Å². The highest BCUT2D eigenvalue weighted by Crippen LogP contribution is 2.22. The predicted octanol–water partition coefficient (Wildman–Crippen LogP) is 4.47. The molecule has 0 saturated carbocycles. The first-order chi connectivity index (χ1) is 14.9. The van der Waals surface area contributed by atoms with Crippen LogP contribution in [-0.4, -0.2) is 17.9 Å². The molecule has 7 N–H and O–H groups in total. The second kappa shape index (κ2) is 9.54. The normalized spacial score (nSPS) is 11.1. The average molecular weight is 411 g/mol. The van der Waals surface area contributed by atoms with Crippen molar-refractivity contribution in [1.82, 2.24) is 0 Å². The SMILES string of the molecule is C=C(Cc1ccc(C)cc1)Nc1cccc(C(=N)c2cc(C(N)=NC=N)ccc2N)c1. The monoisotopic (exact) mass is 410 g/mol. The summed E-state index contributed by atoms with van der Waals surface area (Å²) >= 11 is 0. The quantitative estimate of drug-likeness (QED) is 0.214. The van der Waals surface area contributed by atoms with Gasteiger partial charge in [0.05, 0.1) is 5.71 Å². The van der Waals surface area contributed by atoms with Gasteiger partial charge in [0.2, 0.25) is 0 Å². The molecule has 31 heavy (non-hydrogen) atoms. The zero-order valence-electron chi connectivity index (χ0n) is 17.4. The maximum atomic E-state index is 8.67. The van der Waals surface area contributed by atoms with E-state index >= 15 is 0 Å². The molecule has 0 aliphatic carbocycles. The summed E-state index contributed by atoms with van der Waals surface area (Å²) in [6.07, 6.45) is 1.60. The van der Waals surface area contributed by atoms with Gasteiger partial charge >= 0.3 is 0 Å². The third-order valence-electron chi connectivity index (χ3n) is 4.83. The van der Waals surface area contributed by atoms with Gasteiger partial charge in [0, 0.05) is 40.2 Å². The van der Waals surface area contributed by atoms with Crippen LogP contribution in [0, 0.1) is 17.7 Å². The van der Waals surface area contributed by atoms with Crippen LogP contribution >= 0.6 is 0 Å². The lowest BCUT2D eigenvalue weighted by Crippen LogP contribution is -2.15. The van der Waals surface area contributed by atoms with Crippen molar-refractivity contribution < 1.29 is 0 Å². The number of nitrogens with one attached hydrogen (secondary N) is 3. The molecule has 3 aromatic rings. The first kappa shape index (κ1) is 21.5. The maximum Gasteiger partial charge on any atom is 0.132 e. The van der Waals surface area contributed by atoms with Crippen LogP contribution in [-0.2, 0) is 6.42 Å². The Kier molecular flexibility index (Phi) is 6.62. The average Bonchev–Trinajstić information content (AvgIpc) is 2.75. The minimum Gasteiger partial charge on any atom is -0.398 e. The van der Waals surface area contributed by atoms with E-state index in [0.29, 0.717) is 28.8 Å². The number of anilines is 2. The standard InChI is InChI=1S/C25H26N6/c1-16-6-8-18(9-7-16)12-17(2)31-21-5-3-4-19(13-21)24(28)22-14-20(10-11-23(22)27)25(29)30-15-26/h3-11,13-15,28,31H,2,12,27H2,1H3,(H3,26,29,30). The Bertz CT molecular complexity index is 1160. The van der Waals surface area contributed by atoms with Crippen molar-refractivity contribution in [1.29, 1.82) is 10.8 Å². The molecule has 0 fully saturated rings. The molecule has 3 rings (SSSR count). The predicted molar refractivity (Wildman–Crippen MR) is 130 cm³/mol. The summed E-state index contributed by atoms with van der Waals surface area (Å²) in [6.45, 7) is 6.20. The van der Waals surface area contributed by atoms with Crippen molar-refractivity contribution in [3.05, 3.63) is 107 Å². The van der Waals surface area contributed by atoms with Gasteiger partial charge in [-0.15, -0.1) is 0 Å². The van der Waals surface area contributed by atoms with Crippen molar-refractivity contribution in [2.75, 3.05) is 11.1 Å². The second-order valence-corrected chi connectivity index (χ2v) is 7.29. The highest BCUT2D eigenvalue weighted by molar-refractivity contribution is 6.15. The highest BCUT2D eigenvalue weighted by atomic mass is 14.9. The Labute approximate surface area is 182 Å². The minimum absolute atomic E-state index is 0.201. The fourth-order valence-electron chi connectivity index (χ4n) is 3.18. The van der Waals surface area contributed by atoms with Gasteiger partial charge in [-0.05, 0) is 42.8 Å². The molecule has 0 aromatic heterocycles. The number of rotatable bonds is 8. The van der Waals surface area contributed by atoms with Crippen LogP contribution in [0.2, 0.25) is 0 Å². The topological polar surface area (TPSA) is 124 Å². The molecule has 0 atom stereocenters. The number of nitrogens with zero attached hydrogens (tertiary/aromatic N) is 1. The summed E-state index contributed by atoms with van der Waals surface area (Å²) in [7, 11) is 0. The molecule has 0 spiro atoms. The second-order valence-electron chi connectivity index (χ2n) is 7.29. The van der Waals surface area contributed by atoms with Crippen molar-refractivity contribution in [3.8, 4) is 0 Å². The lowest BCUT2D eigenvalue weighted by atomic mass is 9.98. The van der Waals surface area contributed by atoms with Crippen LogP contribution < -0.4 is 16.8 Å². The zero-order chi connectivity index (χ0) is 22.4. The maximum absolute atomic E-state index is 8.67. The number of nitrogens with two attached hydrogens (primary N) is 2. The van der Waals surface area contributed by atoms with Crippen molar-refractivity contribution in [2.45, 2.75) is 13.3 Å². The molecule has 0 aliphatic rings. The molecule has 0 heterocycles. The Morgan fingerprint density at radius 3 is 2.52 bits per heavy atom. The minimum atomic E-state index is 0.201. The third kappa shape index (κ3) is 5.45. The van der Waals surface area contributed by atoms with E-state index in [9.17, 15) is 0 Å². The van der Waals surface area contributed by atoms with E-state index in [1.807, 2.05) is 24.3 Å². The number of aryl methyl sites for hydroxylation is 1. The van der Waals surface area contributed by atoms with E-state index in [1.165, 1.54) is 11.1 Å². The molecule has 0 unspecified atom stereocenters. The summed E-state index contributed by atoms with van der Waals surface area (Å²) < 4.78 is 0. The van der Waals surface area contributed by atoms with Crippen molar-refractivity contribution >= 4 is 29.3 Å². The van der Waals surface area contributed by atoms with Crippen molar-refractivity contribution in [3.63, 3.8) is 0 Å². The number of aliphatic imine (C=N–C) groups is 1. The lowest BCUT2D eigenvalue weighted by Gasteiger charge is -2.13. The Morgan fingerprint density at radius 2 is 1.81 bits per heavy atom. The van der Waals surface area contributed by atoms with Gasteiger partial charge in [0.15, 0.2) is 0 Å². The molecule has 6 heteroatoms. The van der Waals surface area contributed by atoms with Crippen LogP contribution in [0.4, 0.5) is 11.4 Å². The largest absolute Gasteiger partial charge is 0.398 e. The van der Waals surface area contributed by atoms with Gasteiger partial charge in [-0.1, -0.05) is 48.5 Å². The van der Waals surface area contributed by atoms with Crippen LogP contribution in [0.15, 0.2) is 84.0 Å². The molecule has 0 aliphatic heterocycles. The Balaban J connectivity index is 1.79. The molecule has 3 aromatic carbocycles. The van der Waals surface area contributed by atoms with Gasteiger partial charge in [0.25, 0.3) is 0 Å². The number of hydrogen-bond acceptors (Lipinski definition) is 4. The fraction of sp³-hybridized carbons (Fsp3) is 0.0800. The zero-order valence-corrected chi connectivity index (χ0v) is 17.4. The molecule has 0 radical (unpaired) electrons. The van der Waals surface area contributed by atoms with E-state index in [0.717, 1.165) is 17.7 Å². The molecule has 0 amide bonds. The molecule has 0 bridgehead atoms. The number of amidine groups is 1. The summed E-state index contributed by atoms with van der Waals surface area (Å²) in [5.41, 5.74) is 18.7. The molecule has 0 saturated heterocycles. The van der Waals surface area contributed by atoms with Crippen LogP contribution in [0.3, 0.4) is 0 Å². The van der Waals surface area contributed by atoms with Crippen molar-refractivity contribution in [2.24, 2.45) is 10.7 Å². The molecule has 156 valence electrons. The summed E-state index contributed by atoms with van der Waals surface area (Å²) in [5, 5.41) is 19.1. The van der Waals surface area contributed by atoms with E-state index < -0.39 is 0 Å². The molecular weight excluding hydrogens is 384 g/mol. The summed E-state index contributed by atoms with van der Waals surface area (Å²) in [4.78, 5) is 3.79. The first-order valence-electron chi connectivity index (χ1n) is 9.79. The summed E-state index contributed by atoms with van der Waals surface area (Å²) in [5.74, 6) is 0.201. The number of allylic oxidation sites excluding steroid dienone is 1. The number of benzene rings is 3. The fourth-order valence-corrected chi connectivity index (χ4v) is 3.18.